The van der Waals surface area contributed by atoms with E-state index in [2.05, 4.69) is 6.58 Å². The molecule has 3 fully saturated rings. The van der Waals surface area contributed by atoms with E-state index in [0.717, 1.165) is 16.8 Å². The molecule has 0 saturated carbocycles. The first kappa shape index (κ1) is 26.4. The van der Waals surface area contributed by atoms with Crippen LogP contribution in [0.1, 0.15) is 44.7 Å². The van der Waals surface area contributed by atoms with Crippen LogP contribution in [0.4, 0.5) is 5.69 Å². The molecule has 0 aliphatic carbocycles. The highest BCUT2D eigenvalue weighted by molar-refractivity contribution is 6.05. The molecule has 4 rings (SSSR count). The number of carbonyl (C=O) groups excluding carboxylic acids is 3. The molecule has 3 heterocycles. The number of hydrogen-bond acceptors (Lipinski definition) is 6. The van der Waals surface area contributed by atoms with Crippen LogP contribution in [0.5, 0.6) is 0 Å². The highest BCUT2D eigenvalue weighted by Crippen LogP contribution is 2.59. The Labute approximate surface area is 213 Å². The first-order valence-electron chi connectivity index (χ1n) is 12.9. The smallest absolute Gasteiger partial charge is 0.312 e. The summed E-state index contributed by atoms with van der Waals surface area (Å²) in [5, 5.41) is 10.3. The predicted molar refractivity (Wildman–Crippen MR) is 135 cm³/mol. The summed E-state index contributed by atoms with van der Waals surface area (Å²) in [6.45, 7) is 13.5. The van der Waals surface area contributed by atoms with Crippen molar-refractivity contribution in [1.82, 2.24) is 4.90 Å². The molecule has 1 aromatic carbocycles. The van der Waals surface area contributed by atoms with Gasteiger partial charge in [0.25, 0.3) is 5.91 Å². The summed E-state index contributed by atoms with van der Waals surface area (Å²) in [6.07, 6.45) is 2.26. The molecule has 8 heteroatoms. The number of aliphatic hydroxyl groups excluding tert-OH is 1. The average molecular weight is 499 g/mol. The number of fused-ring (bicyclic) bond motifs is 1. The maximum absolute atomic E-state index is 14.5. The van der Waals surface area contributed by atoms with Gasteiger partial charge in [0.05, 0.1) is 37.2 Å². The second kappa shape index (κ2) is 9.98. The van der Waals surface area contributed by atoms with Crippen molar-refractivity contribution < 1.29 is 29.0 Å². The van der Waals surface area contributed by atoms with Gasteiger partial charge in [-0.15, -0.1) is 6.58 Å². The summed E-state index contributed by atoms with van der Waals surface area (Å²) >= 11 is 0. The lowest BCUT2D eigenvalue weighted by Gasteiger charge is -2.40. The van der Waals surface area contributed by atoms with Gasteiger partial charge in [-0.25, -0.2) is 0 Å². The zero-order valence-corrected chi connectivity index (χ0v) is 21.9. The third kappa shape index (κ3) is 3.95. The summed E-state index contributed by atoms with van der Waals surface area (Å²) in [7, 11) is 0. The Bertz CT molecular complexity index is 1050. The number of likely N-dealkylation sites (tertiary alicyclic amines) is 1. The largest absolute Gasteiger partial charge is 0.466 e. The second-order valence-corrected chi connectivity index (χ2v) is 10.6. The third-order valence-corrected chi connectivity index (χ3v) is 8.08. The summed E-state index contributed by atoms with van der Waals surface area (Å²) in [4.78, 5) is 44.8. The number of amides is 2. The van der Waals surface area contributed by atoms with Crippen molar-refractivity contribution >= 4 is 23.5 Å². The van der Waals surface area contributed by atoms with E-state index in [-0.39, 0.29) is 37.5 Å². The summed E-state index contributed by atoms with van der Waals surface area (Å²) in [5.41, 5.74) is 1.52. The first-order valence-corrected chi connectivity index (χ1v) is 12.9. The minimum absolute atomic E-state index is 0.115. The number of anilines is 1. The molecule has 1 spiro atoms. The van der Waals surface area contributed by atoms with Crippen LogP contribution in [-0.2, 0) is 23.9 Å². The Balaban J connectivity index is 1.85. The van der Waals surface area contributed by atoms with E-state index in [1.807, 2.05) is 45.9 Å². The van der Waals surface area contributed by atoms with E-state index in [1.54, 1.807) is 17.9 Å². The molecule has 2 amide bonds. The monoisotopic (exact) mass is 498 g/mol. The lowest BCUT2D eigenvalue weighted by molar-refractivity contribution is -0.155. The van der Waals surface area contributed by atoms with Gasteiger partial charge < -0.3 is 24.4 Å². The SMILES string of the molecule is C=CCN(C(=O)[C@H]1N([C@@H](CO)C(C)C)C(=O)[C@@H]2[C@@H](C(=O)OCC)[C@H]3CC[C@]21O3)c1cc(C)ccc1C. The third-order valence-electron chi connectivity index (χ3n) is 8.08. The fourth-order valence-corrected chi connectivity index (χ4v) is 6.45. The average Bonchev–Trinajstić information content (AvgIpc) is 3.47. The summed E-state index contributed by atoms with van der Waals surface area (Å²) < 4.78 is 11.8. The van der Waals surface area contributed by atoms with E-state index in [0.29, 0.717) is 12.8 Å². The Morgan fingerprint density at radius 1 is 1.36 bits per heavy atom. The van der Waals surface area contributed by atoms with Crippen LogP contribution in [0.15, 0.2) is 30.9 Å². The highest BCUT2D eigenvalue weighted by atomic mass is 16.6. The zero-order valence-electron chi connectivity index (χ0n) is 21.9. The lowest BCUT2D eigenvalue weighted by atomic mass is 9.70. The van der Waals surface area contributed by atoms with Crippen molar-refractivity contribution in [1.29, 1.82) is 0 Å². The van der Waals surface area contributed by atoms with Gasteiger partial charge in [0.2, 0.25) is 5.91 Å². The van der Waals surface area contributed by atoms with Crippen molar-refractivity contribution in [3.8, 4) is 0 Å². The molecular weight excluding hydrogens is 460 g/mol. The maximum Gasteiger partial charge on any atom is 0.312 e. The van der Waals surface area contributed by atoms with Crippen molar-refractivity contribution in [2.45, 2.75) is 71.2 Å². The lowest BCUT2D eigenvalue weighted by Crippen LogP contribution is -2.60. The molecule has 2 bridgehead atoms. The number of carbonyl (C=O) groups is 3. The van der Waals surface area contributed by atoms with Crippen LogP contribution in [0.2, 0.25) is 0 Å². The van der Waals surface area contributed by atoms with Gasteiger partial charge in [-0.05, 0) is 56.7 Å². The van der Waals surface area contributed by atoms with Gasteiger partial charge >= 0.3 is 5.97 Å². The molecule has 1 aromatic rings. The van der Waals surface area contributed by atoms with E-state index in [4.69, 9.17) is 9.47 Å². The van der Waals surface area contributed by atoms with Crippen molar-refractivity contribution in [2.24, 2.45) is 17.8 Å². The van der Waals surface area contributed by atoms with Crippen molar-refractivity contribution in [3.63, 3.8) is 0 Å². The molecule has 3 aliphatic heterocycles. The number of ether oxygens (including phenoxy) is 2. The fourth-order valence-electron chi connectivity index (χ4n) is 6.45. The zero-order chi connectivity index (χ0) is 26.4. The summed E-state index contributed by atoms with van der Waals surface area (Å²) in [5.74, 6) is -2.76. The molecule has 0 unspecified atom stereocenters. The summed E-state index contributed by atoms with van der Waals surface area (Å²) in [6, 6.07) is 4.33. The fraction of sp³-hybridized carbons (Fsp3) is 0.607. The van der Waals surface area contributed by atoms with E-state index in [9.17, 15) is 19.5 Å². The number of rotatable bonds is 9. The number of hydrogen-bond donors (Lipinski definition) is 1. The van der Waals surface area contributed by atoms with E-state index < -0.39 is 41.6 Å². The molecule has 196 valence electrons. The van der Waals surface area contributed by atoms with E-state index >= 15 is 0 Å². The van der Waals surface area contributed by atoms with Crippen molar-refractivity contribution in [3.05, 3.63) is 42.0 Å². The Kier molecular flexibility index (Phi) is 7.30. The molecule has 3 aliphatic rings. The predicted octanol–water partition coefficient (Wildman–Crippen LogP) is 2.78. The second-order valence-electron chi connectivity index (χ2n) is 10.6. The van der Waals surface area contributed by atoms with E-state index in [1.165, 1.54) is 4.90 Å². The van der Waals surface area contributed by atoms with Crippen LogP contribution in [-0.4, -0.2) is 71.3 Å². The van der Waals surface area contributed by atoms with Gasteiger partial charge in [-0.1, -0.05) is 32.1 Å². The Morgan fingerprint density at radius 2 is 2.08 bits per heavy atom. The van der Waals surface area contributed by atoms with Crippen LogP contribution >= 0.6 is 0 Å². The first-order chi connectivity index (χ1) is 17.1. The molecular formula is C28H38N2O6. The quantitative estimate of drug-likeness (QED) is 0.416. The molecule has 0 aromatic heterocycles. The van der Waals surface area contributed by atoms with Gasteiger partial charge in [0.15, 0.2) is 0 Å². The molecule has 1 N–H and O–H groups in total. The Morgan fingerprint density at radius 3 is 2.69 bits per heavy atom. The van der Waals surface area contributed by atoms with Gasteiger partial charge in [0.1, 0.15) is 11.6 Å². The van der Waals surface area contributed by atoms with Crippen LogP contribution in [0, 0.1) is 31.6 Å². The van der Waals surface area contributed by atoms with Gasteiger partial charge in [-0.3, -0.25) is 14.4 Å². The number of aryl methyl sites for hydroxylation is 2. The van der Waals surface area contributed by atoms with Gasteiger partial charge in [-0.2, -0.15) is 0 Å². The molecule has 3 saturated heterocycles. The molecule has 6 atom stereocenters. The minimum atomic E-state index is -1.14. The minimum Gasteiger partial charge on any atom is -0.466 e. The van der Waals surface area contributed by atoms with Crippen molar-refractivity contribution in [2.75, 3.05) is 24.7 Å². The van der Waals surface area contributed by atoms with Crippen LogP contribution < -0.4 is 4.90 Å². The van der Waals surface area contributed by atoms with Crippen LogP contribution in [0.3, 0.4) is 0 Å². The number of benzene rings is 1. The number of nitrogens with zero attached hydrogens (tertiary/aromatic N) is 2. The molecule has 0 radical (unpaired) electrons. The highest BCUT2D eigenvalue weighted by Gasteiger charge is 2.75. The Hall–Kier alpha value is -2.71. The maximum atomic E-state index is 14.5. The topological polar surface area (TPSA) is 96.4 Å². The normalized spacial score (nSPS) is 29.4. The number of esters is 1. The number of aliphatic hydroxyl groups is 1. The standard InChI is InChI=1S/C28H38N2O6/c1-7-13-29(19-14-17(5)9-10-18(19)6)26(33)24-28-12-11-21(36-28)22(27(34)35-8-2)23(28)25(32)30(24)20(15-31)16(3)4/h7,9-10,14,16,20-24,31H,1,8,11-13,15H2,2-6H3/t20-,21+,22-,23-,24+,28-/m0/s1. The molecule has 8 nitrogen and oxygen atoms in total. The van der Waals surface area contributed by atoms with Crippen LogP contribution in [0.25, 0.3) is 0 Å². The molecule has 36 heavy (non-hydrogen) atoms. The van der Waals surface area contributed by atoms with Gasteiger partial charge in [0, 0.05) is 12.2 Å².